The number of hydrogen-bond acceptors (Lipinski definition) is 4. The van der Waals surface area contributed by atoms with Gasteiger partial charge in [0, 0.05) is 7.11 Å². The Bertz CT molecular complexity index is 647. The third kappa shape index (κ3) is 2.90. The number of rotatable bonds is 6. The second-order valence-electron chi connectivity index (χ2n) is 5.74. The fraction of sp³-hybridized carbons (Fsp3) is 0.412. The Balaban J connectivity index is 1.73. The molecule has 0 aliphatic heterocycles. The first kappa shape index (κ1) is 14.8. The van der Waals surface area contributed by atoms with Gasteiger partial charge in [0.2, 0.25) is 0 Å². The maximum absolute atomic E-state index is 12.3. The number of nitrogens with zero attached hydrogens (tertiary/aromatic N) is 2. The van der Waals surface area contributed by atoms with Crippen LogP contribution in [0.4, 0.5) is 0 Å². The summed E-state index contributed by atoms with van der Waals surface area (Å²) in [5.74, 6) is -0.358. The number of hydrogen-bond donors (Lipinski definition) is 0. The summed E-state index contributed by atoms with van der Waals surface area (Å²) < 4.78 is 12.6. The normalized spacial score (nSPS) is 17.0. The van der Waals surface area contributed by atoms with E-state index in [2.05, 4.69) is 4.98 Å². The van der Waals surface area contributed by atoms with E-state index in [0.717, 1.165) is 18.4 Å². The van der Waals surface area contributed by atoms with Gasteiger partial charge in [0.05, 0.1) is 18.6 Å². The van der Waals surface area contributed by atoms with Crippen LogP contribution in [0, 0.1) is 0 Å². The monoisotopic (exact) mass is 300 g/mol. The summed E-state index contributed by atoms with van der Waals surface area (Å²) in [6, 6.07) is 10.0. The van der Waals surface area contributed by atoms with Gasteiger partial charge in [-0.05, 0) is 25.3 Å². The van der Waals surface area contributed by atoms with E-state index in [9.17, 15) is 4.79 Å². The Morgan fingerprint density at radius 1 is 1.36 bits per heavy atom. The first-order chi connectivity index (χ1) is 10.7. The molecule has 1 saturated carbocycles. The lowest BCUT2D eigenvalue weighted by Gasteiger charge is -2.17. The van der Waals surface area contributed by atoms with Gasteiger partial charge in [-0.1, -0.05) is 30.3 Å². The fourth-order valence-corrected chi connectivity index (χ4v) is 2.48. The molecule has 0 spiro atoms. The number of carbonyl (C=O) groups excluding carboxylic acids is 1. The van der Waals surface area contributed by atoms with Crippen molar-refractivity contribution >= 4 is 5.97 Å². The molecule has 2 aromatic rings. The predicted molar refractivity (Wildman–Crippen MR) is 81.7 cm³/mol. The molecule has 0 unspecified atom stereocenters. The summed E-state index contributed by atoms with van der Waals surface area (Å²) >= 11 is 0. The number of esters is 1. The Labute approximate surface area is 129 Å². The third-order valence-electron chi connectivity index (χ3n) is 4.28. The van der Waals surface area contributed by atoms with Crippen molar-refractivity contribution in [1.29, 1.82) is 0 Å². The van der Waals surface area contributed by atoms with Crippen LogP contribution in [0.5, 0.6) is 0 Å². The van der Waals surface area contributed by atoms with Crippen LogP contribution in [-0.4, -0.2) is 34.8 Å². The molecule has 0 saturated heterocycles. The van der Waals surface area contributed by atoms with Crippen LogP contribution >= 0.6 is 0 Å². The standard InChI is InChI=1S/C17H20N2O3/c1-13(14-6-4-3-5-7-14)19-12-18-10-15(19)16(20)22-11-17(21-2)8-9-17/h3-7,10,12-13H,8-9,11H2,1-2H3/t13-/m1/s1. The van der Waals surface area contributed by atoms with Gasteiger partial charge in [0.1, 0.15) is 17.9 Å². The molecule has 0 amide bonds. The summed E-state index contributed by atoms with van der Waals surface area (Å²) in [5, 5.41) is 0. The van der Waals surface area contributed by atoms with Gasteiger partial charge in [-0.3, -0.25) is 0 Å². The molecular formula is C17H20N2O3. The zero-order chi connectivity index (χ0) is 15.6. The highest BCUT2D eigenvalue weighted by Crippen LogP contribution is 2.39. The minimum absolute atomic E-state index is 0.0172. The maximum Gasteiger partial charge on any atom is 0.356 e. The molecule has 22 heavy (non-hydrogen) atoms. The molecule has 5 heteroatoms. The molecule has 1 fully saturated rings. The minimum Gasteiger partial charge on any atom is -0.458 e. The van der Waals surface area contributed by atoms with Crippen LogP contribution in [0.1, 0.15) is 41.9 Å². The van der Waals surface area contributed by atoms with Gasteiger partial charge in [-0.2, -0.15) is 0 Å². The molecule has 1 atom stereocenters. The van der Waals surface area contributed by atoms with Gasteiger partial charge in [0.15, 0.2) is 0 Å². The highest BCUT2D eigenvalue weighted by Gasteiger charge is 2.44. The molecule has 1 aromatic carbocycles. The number of imidazole rings is 1. The zero-order valence-electron chi connectivity index (χ0n) is 12.9. The molecule has 0 N–H and O–H groups in total. The van der Waals surface area contributed by atoms with E-state index >= 15 is 0 Å². The van der Waals surface area contributed by atoms with E-state index in [-0.39, 0.29) is 17.6 Å². The second-order valence-corrected chi connectivity index (χ2v) is 5.74. The van der Waals surface area contributed by atoms with E-state index in [4.69, 9.17) is 9.47 Å². The number of aromatic nitrogens is 2. The predicted octanol–water partition coefficient (Wildman–Crippen LogP) is 2.83. The summed E-state index contributed by atoms with van der Waals surface area (Å²) in [5.41, 5.74) is 1.32. The molecule has 116 valence electrons. The van der Waals surface area contributed by atoms with Gasteiger partial charge < -0.3 is 14.0 Å². The highest BCUT2D eigenvalue weighted by molar-refractivity contribution is 5.87. The summed E-state index contributed by atoms with van der Waals surface area (Å²) in [7, 11) is 1.66. The molecule has 0 bridgehead atoms. The average molecular weight is 300 g/mol. The van der Waals surface area contributed by atoms with Crippen LogP contribution in [0.2, 0.25) is 0 Å². The van der Waals surface area contributed by atoms with Crippen molar-refractivity contribution in [3.05, 3.63) is 54.1 Å². The van der Waals surface area contributed by atoms with Crippen LogP contribution in [0.25, 0.3) is 0 Å². The molecular weight excluding hydrogens is 280 g/mol. The fourth-order valence-electron chi connectivity index (χ4n) is 2.48. The lowest BCUT2D eigenvalue weighted by atomic mass is 10.1. The molecule has 5 nitrogen and oxygen atoms in total. The first-order valence-electron chi connectivity index (χ1n) is 7.44. The second kappa shape index (κ2) is 5.93. The topological polar surface area (TPSA) is 53.4 Å². The van der Waals surface area contributed by atoms with Crippen LogP contribution in [0.15, 0.2) is 42.9 Å². The average Bonchev–Trinajstić information content (AvgIpc) is 3.19. The number of carbonyl (C=O) groups is 1. The van der Waals surface area contributed by atoms with Crippen molar-refractivity contribution in [3.63, 3.8) is 0 Å². The van der Waals surface area contributed by atoms with Gasteiger partial charge in [0.25, 0.3) is 0 Å². The van der Waals surface area contributed by atoms with Crippen molar-refractivity contribution in [1.82, 2.24) is 9.55 Å². The molecule has 1 aliphatic carbocycles. The Morgan fingerprint density at radius 3 is 2.73 bits per heavy atom. The number of methoxy groups -OCH3 is 1. The van der Waals surface area contributed by atoms with E-state index in [1.807, 2.05) is 41.8 Å². The first-order valence-corrected chi connectivity index (χ1v) is 7.44. The van der Waals surface area contributed by atoms with E-state index in [0.29, 0.717) is 12.3 Å². The molecule has 1 aliphatic rings. The van der Waals surface area contributed by atoms with Crippen molar-refractivity contribution < 1.29 is 14.3 Å². The Kier molecular flexibility index (Phi) is 3.98. The summed E-state index contributed by atoms with van der Waals surface area (Å²) in [6.45, 7) is 2.33. The van der Waals surface area contributed by atoms with Crippen molar-refractivity contribution in [2.24, 2.45) is 0 Å². The summed E-state index contributed by atoms with van der Waals surface area (Å²) in [6.07, 6.45) is 5.10. The SMILES string of the molecule is COC1(COC(=O)c2cncn2[C@H](C)c2ccccc2)CC1. The number of benzene rings is 1. The molecule has 1 aromatic heterocycles. The molecule has 3 rings (SSSR count). The van der Waals surface area contributed by atoms with Crippen molar-refractivity contribution in [2.45, 2.75) is 31.4 Å². The molecule has 0 radical (unpaired) electrons. The van der Waals surface area contributed by atoms with Crippen molar-refractivity contribution in [2.75, 3.05) is 13.7 Å². The van der Waals surface area contributed by atoms with Crippen molar-refractivity contribution in [3.8, 4) is 0 Å². The quantitative estimate of drug-likeness (QED) is 0.770. The molecule has 1 heterocycles. The van der Waals surface area contributed by atoms with E-state index in [1.165, 1.54) is 0 Å². The zero-order valence-corrected chi connectivity index (χ0v) is 12.9. The summed E-state index contributed by atoms with van der Waals surface area (Å²) in [4.78, 5) is 16.4. The minimum atomic E-state index is -0.358. The Hall–Kier alpha value is -2.14. The van der Waals surface area contributed by atoms with E-state index < -0.39 is 0 Å². The van der Waals surface area contributed by atoms with Crippen LogP contribution in [-0.2, 0) is 9.47 Å². The maximum atomic E-state index is 12.3. The van der Waals surface area contributed by atoms with Gasteiger partial charge >= 0.3 is 5.97 Å². The lowest BCUT2D eigenvalue weighted by Crippen LogP contribution is -2.24. The van der Waals surface area contributed by atoms with Crippen LogP contribution in [0.3, 0.4) is 0 Å². The number of ether oxygens (including phenoxy) is 2. The Morgan fingerprint density at radius 2 is 2.09 bits per heavy atom. The third-order valence-corrected chi connectivity index (χ3v) is 4.28. The highest BCUT2D eigenvalue weighted by atomic mass is 16.6. The van der Waals surface area contributed by atoms with E-state index in [1.54, 1.807) is 19.6 Å². The van der Waals surface area contributed by atoms with Gasteiger partial charge in [-0.15, -0.1) is 0 Å². The lowest BCUT2D eigenvalue weighted by molar-refractivity contribution is -0.00210. The smallest absolute Gasteiger partial charge is 0.356 e. The van der Waals surface area contributed by atoms with Crippen LogP contribution < -0.4 is 0 Å². The van der Waals surface area contributed by atoms with Gasteiger partial charge in [-0.25, -0.2) is 9.78 Å². The largest absolute Gasteiger partial charge is 0.458 e.